The van der Waals surface area contributed by atoms with Crippen LogP contribution in [0.4, 0.5) is 63.3 Å². The van der Waals surface area contributed by atoms with Crippen LogP contribution in [0.25, 0.3) is 0 Å². The molecule has 0 bridgehead atoms. The summed E-state index contributed by atoms with van der Waals surface area (Å²) in [4.78, 5) is 147. The third-order valence-corrected chi connectivity index (χ3v) is 28.7. The monoisotopic (exact) mass is 1980 g/mol. The summed E-state index contributed by atoms with van der Waals surface area (Å²) in [7, 11) is 0. The zero-order valence-corrected chi connectivity index (χ0v) is 79.4. The third-order valence-electron chi connectivity index (χ3n) is 20.6. The Balaban J connectivity index is 0.000000140. The van der Waals surface area contributed by atoms with Crippen molar-refractivity contribution in [3.63, 3.8) is 0 Å². The summed E-state index contributed by atoms with van der Waals surface area (Å²) in [6.07, 6.45) is 2.42. The highest BCUT2D eigenvalue weighted by atomic mass is 35.5. The van der Waals surface area contributed by atoms with Gasteiger partial charge in [0.1, 0.15) is 97.6 Å². The van der Waals surface area contributed by atoms with Gasteiger partial charge in [-0.3, -0.25) is 85.6 Å². The van der Waals surface area contributed by atoms with Crippen molar-refractivity contribution >= 4 is 237 Å². The number of halogens is 3. The number of carbonyl (C=O) groups is 4. The zero-order valence-electron chi connectivity index (χ0n) is 70.6. The van der Waals surface area contributed by atoms with Gasteiger partial charge in [-0.25, -0.2) is 19.9 Å². The minimum atomic E-state index is -1.03. The lowest BCUT2D eigenvalue weighted by Gasteiger charge is -2.21. The van der Waals surface area contributed by atoms with Crippen molar-refractivity contribution in [1.82, 2.24) is 42.3 Å². The molecule has 0 spiro atoms. The second kappa shape index (κ2) is 41.0. The molecule has 17 rings (SSSR count). The van der Waals surface area contributed by atoms with E-state index in [9.17, 15) is 53.7 Å². The van der Waals surface area contributed by atoms with Gasteiger partial charge < -0.3 is 79.3 Å². The molecule has 0 aliphatic carbocycles. The van der Waals surface area contributed by atoms with Gasteiger partial charge in [0, 0.05) is 64.3 Å². The topological polar surface area (TPSA) is 550 Å². The molecule has 4 aromatic carbocycles. The number of amides is 4. The summed E-state index contributed by atoms with van der Waals surface area (Å²) in [6.45, 7) is 18.6. The number of aliphatic hydroxyl groups is 4. The average molecular weight is 1980 g/mol. The van der Waals surface area contributed by atoms with E-state index in [1.54, 1.807) is 75.4 Å². The molecule has 20 N–H and O–H groups in total. The number of nitrogens with two attached hydrogens (primary N) is 4. The van der Waals surface area contributed by atoms with E-state index in [-0.39, 0.29) is 106 Å². The molecule has 130 heavy (non-hydrogen) atoms. The highest BCUT2D eigenvalue weighted by molar-refractivity contribution is 7.20. The van der Waals surface area contributed by atoms with Gasteiger partial charge in [-0.05, 0) is 205 Å². The normalized spacial score (nSPS) is 16.3. The Morgan fingerprint density at radius 2 is 0.992 bits per heavy atom. The Labute approximate surface area is 788 Å². The van der Waals surface area contributed by atoms with Gasteiger partial charge in [-0.1, -0.05) is 104 Å². The van der Waals surface area contributed by atoms with E-state index >= 15 is 0 Å². The fourth-order valence-corrected chi connectivity index (χ4v) is 22.0. The first-order chi connectivity index (χ1) is 62.1. The molecule has 48 heteroatoms. The summed E-state index contributed by atoms with van der Waals surface area (Å²) in [5.41, 5.74) is 31.5. The molecule has 5 aliphatic rings. The second-order valence-corrected chi connectivity index (χ2v) is 39.1. The number of H-pyrrole nitrogens is 4. The fraction of sp³-hybridized carbons (Fsp3) is 0.317. The number of rotatable bonds is 23. The van der Waals surface area contributed by atoms with E-state index in [1.165, 1.54) is 50.6 Å². The molecule has 8 aromatic heterocycles. The molecule has 4 amide bonds. The maximum absolute atomic E-state index is 13.3. The van der Waals surface area contributed by atoms with E-state index < -0.39 is 36.1 Å². The number of aliphatic hydroxyl groups excluding tert-OH is 4. The van der Waals surface area contributed by atoms with Crippen LogP contribution in [0.3, 0.4) is 0 Å². The number of aromatic nitrogens is 8. The number of carbonyl (C=O) groups excluding carboxylic acids is 4. The molecule has 682 valence electrons. The van der Waals surface area contributed by atoms with Crippen LogP contribution in [0.15, 0.2) is 124 Å². The number of nitrogens with one attached hydrogen (secondary N) is 8. The summed E-state index contributed by atoms with van der Waals surface area (Å²) in [5.74, 6) is -0.633. The number of β-amino-alcohol motifs (C(OH)–C–C–N with tert-alkyl or cyclic N) is 1. The van der Waals surface area contributed by atoms with Gasteiger partial charge in [-0.15, -0.1) is 0 Å². The number of aromatic amines is 4. The lowest BCUT2D eigenvalue weighted by molar-refractivity contribution is 0.0897. The number of hydrogen-bond acceptors (Lipinski definition) is 33. The van der Waals surface area contributed by atoms with E-state index in [2.05, 4.69) is 89.6 Å². The first-order valence-electron chi connectivity index (χ1n) is 40.4. The number of benzene rings is 4. The highest BCUT2D eigenvalue weighted by Gasteiger charge is 2.39. The number of amidine groups is 4. The van der Waals surface area contributed by atoms with Gasteiger partial charge in [0.15, 0.2) is 20.5 Å². The molecule has 12 aromatic rings. The van der Waals surface area contributed by atoms with Gasteiger partial charge in [0.2, 0.25) is 0 Å². The molecular formula is C82H88Cl3N25O12S8. The van der Waals surface area contributed by atoms with Crippen LogP contribution in [0.2, 0.25) is 15.1 Å². The van der Waals surface area contributed by atoms with E-state index in [1.807, 2.05) is 57.7 Å². The summed E-state index contributed by atoms with van der Waals surface area (Å²) in [5, 5.41) is 58.0. The van der Waals surface area contributed by atoms with Crippen LogP contribution in [-0.2, 0) is 19.3 Å². The lowest BCUT2D eigenvalue weighted by Crippen LogP contribution is -2.37. The number of aryl methyl sites for hydroxylation is 3. The minimum Gasteiger partial charge on any atom is -0.394 e. The van der Waals surface area contributed by atoms with E-state index in [0.717, 1.165) is 117 Å². The smallest absolute Gasteiger partial charge is 0.272 e. The van der Waals surface area contributed by atoms with Crippen molar-refractivity contribution in [1.29, 1.82) is 0 Å². The molecule has 4 unspecified atom stereocenters. The second-order valence-electron chi connectivity index (χ2n) is 30.6. The summed E-state index contributed by atoms with van der Waals surface area (Å²) >= 11 is 27.2. The number of likely N-dealkylation sites (tertiary alicyclic amines) is 1. The predicted octanol–water partition coefficient (Wildman–Crippen LogP) is 11.5. The first kappa shape index (κ1) is 94.9. The number of para-hydroxylation sites is 1. The molecule has 37 nitrogen and oxygen atoms in total. The molecule has 0 saturated carbocycles. The Bertz CT molecular complexity index is 6660. The van der Waals surface area contributed by atoms with Crippen LogP contribution in [0.1, 0.15) is 154 Å². The highest BCUT2D eigenvalue weighted by Crippen LogP contribution is 2.43. The Kier molecular flexibility index (Phi) is 29.9. The molecule has 1 saturated heterocycles. The van der Waals surface area contributed by atoms with Crippen molar-refractivity contribution in [2.24, 2.45) is 42.9 Å². The SMILES string of the molecule is CC(CO)N=C(N)c1c(Nc2ncc(C(=O)N3c4cccc(Cl)c4CC3O)s2)s[nH]c1=O.Cc1nc(Nc2s[nH]c(=O)c2C(N)=NC(C)C)sc1C(=O)N1CC(O)c2cc(Cl)ccc21.Cc1nc(Nc2s[nH]c(=O)c2C(N)=NC(C)C)sc1C(=O)N1c2ccc(Cl)cc2CC1O.Cc1nc(Nc2s[nH]c(=O)c2C(N)=NCCN2CCCC2)sc1C(=O)N1CCc2ccccc21. The Morgan fingerprint density at radius 3 is 1.53 bits per heavy atom. The Hall–Kier alpha value is -11.3. The molecule has 13 heterocycles. The molecule has 4 atom stereocenters. The number of hydrogen-bond donors (Lipinski definition) is 16. The van der Waals surface area contributed by atoms with Crippen LogP contribution < -0.4 is 86.0 Å². The maximum Gasteiger partial charge on any atom is 0.272 e. The average Bonchev–Trinajstić information content (AvgIpc) is 1.62. The van der Waals surface area contributed by atoms with Crippen LogP contribution in [-0.4, -0.2) is 186 Å². The maximum atomic E-state index is 13.3. The number of fused-ring (bicyclic) bond motifs is 4. The van der Waals surface area contributed by atoms with Gasteiger partial charge >= 0.3 is 0 Å². The zero-order chi connectivity index (χ0) is 93.0. The van der Waals surface area contributed by atoms with Gasteiger partial charge in [0.25, 0.3) is 45.9 Å². The number of aliphatic imine (C=N–C) groups is 4. The lowest BCUT2D eigenvalue weighted by atomic mass is 10.1. The van der Waals surface area contributed by atoms with E-state index in [4.69, 9.17) is 62.8 Å². The third kappa shape index (κ3) is 21.0. The first-order valence-corrected chi connectivity index (χ1v) is 48.0. The van der Waals surface area contributed by atoms with Crippen LogP contribution in [0, 0.1) is 20.8 Å². The van der Waals surface area contributed by atoms with Crippen molar-refractivity contribution in [3.05, 3.63) is 223 Å². The predicted molar refractivity (Wildman–Crippen MR) is 522 cm³/mol. The largest absolute Gasteiger partial charge is 0.394 e. The number of thiazole rings is 4. The molecule has 5 aliphatic heterocycles. The summed E-state index contributed by atoms with van der Waals surface area (Å²) in [6, 6.07) is 22.8. The van der Waals surface area contributed by atoms with E-state index in [0.29, 0.717) is 145 Å². The number of anilines is 12. The summed E-state index contributed by atoms with van der Waals surface area (Å²) < 4.78 is 10.6. The van der Waals surface area contributed by atoms with Crippen LogP contribution in [0.5, 0.6) is 0 Å². The fourth-order valence-electron chi connectivity index (χ4n) is 14.6. The standard InChI is InChI=1S/C23H27N7O2S2.2C20H21ClN6O3S2.C19H19ClN6O4S2/c1-14-18(22(32)30-12-8-15-6-2-3-7-16(15)30)33-23(26-14)27-21-17(20(31)28-34-21)19(24)25-9-13-29-10-4-5-11-29;1-8(2)23-16(22)14-17(29)26-32-18(14)25-20-24-9(3)15(31-20)19(30)27-12-5-4-11(21)6-10(12)7-13(27)28;1-8(2)23-16(22)14-17(29)26-32-18(14)25-20-24-9(3)15(31-20)19(30)27-7-13(28)11-6-10(21)4-5-12(11)27;1-8(7-27)23-15(21)14-16(29)25-32-17(14)24-19-22-6-12(31-19)18(30)26-11-4-2-3-10(20)9(11)5-13(26)28/h2-3,6-7H,4-5,8-13H2,1H3,(H2,24,25)(H,26,27)(H,28,31);2*4-6,8,13,28H,7H2,1-3H3,(H2,22,23)(H,24,25)(H,26,29);2-4,6,8,13,27-28H,5,7H2,1H3,(H2,21,23)(H,22,24)(H,25,29). The van der Waals surface area contributed by atoms with Crippen molar-refractivity contribution in [2.75, 3.05) is 86.7 Å². The molecule has 1 fully saturated rings. The minimum absolute atomic E-state index is 0.0157. The van der Waals surface area contributed by atoms with Crippen LogP contribution >= 0.6 is 126 Å². The van der Waals surface area contributed by atoms with Crippen molar-refractivity contribution in [2.45, 2.75) is 124 Å². The quantitative estimate of drug-likeness (QED) is 0.0209. The molecular weight excluding hydrogens is 1890 g/mol. The number of nitrogens with zero attached hydrogens (tertiary/aromatic N) is 13. The van der Waals surface area contributed by atoms with Gasteiger partial charge in [-0.2, -0.15) is 0 Å². The van der Waals surface area contributed by atoms with Crippen molar-refractivity contribution < 1.29 is 39.6 Å². The molecule has 0 radical (unpaired) electrons. The van der Waals surface area contributed by atoms with Gasteiger partial charge in [0.05, 0.1) is 72.2 Å². The van der Waals surface area contributed by atoms with Crippen molar-refractivity contribution in [3.8, 4) is 0 Å². The Morgan fingerprint density at radius 1 is 0.523 bits per heavy atom.